The van der Waals surface area contributed by atoms with Gasteiger partial charge in [-0.1, -0.05) is 6.92 Å². The van der Waals surface area contributed by atoms with E-state index in [0.717, 1.165) is 35.3 Å². The van der Waals surface area contributed by atoms with E-state index >= 15 is 0 Å². The monoisotopic (exact) mass is 348 g/mol. The summed E-state index contributed by atoms with van der Waals surface area (Å²) in [5.74, 6) is 0.902. The van der Waals surface area contributed by atoms with Crippen LogP contribution < -0.4 is 5.32 Å². The Balaban J connectivity index is 1.62. The number of piperidine rings is 1. The van der Waals surface area contributed by atoms with Crippen molar-refractivity contribution in [2.45, 2.75) is 52.2 Å². The van der Waals surface area contributed by atoms with E-state index in [0.29, 0.717) is 19.1 Å². The molecule has 1 saturated heterocycles. The maximum atomic E-state index is 11.9. The molecule has 6 nitrogen and oxygen atoms in total. The van der Waals surface area contributed by atoms with Crippen molar-refractivity contribution in [2.24, 2.45) is 0 Å². The summed E-state index contributed by atoms with van der Waals surface area (Å²) in [5, 5.41) is 4.64. The number of anilines is 1. The summed E-state index contributed by atoms with van der Waals surface area (Å²) in [4.78, 5) is 24.9. The van der Waals surface area contributed by atoms with Crippen LogP contribution >= 0.6 is 11.3 Å². The number of carbonyl (C=O) groups is 1. The van der Waals surface area contributed by atoms with Crippen molar-refractivity contribution < 1.29 is 9.53 Å². The molecule has 0 saturated carbocycles. The molecule has 7 heteroatoms. The Bertz CT molecular complexity index is 708. The van der Waals surface area contributed by atoms with Crippen molar-refractivity contribution in [3.63, 3.8) is 0 Å². The SMILES string of the molecule is CCc1cc2c(NC3CCN(C(=O)OC(C)C)CC3)ncnc2s1. The van der Waals surface area contributed by atoms with E-state index in [1.807, 2.05) is 13.8 Å². The van der Waals surface area contributed by atoms with E-state index in [-0.39, 0.29) is 12.2 Å². The van der Waals surface area contributed by atoms with Gasteiger partial charge in [-0.3, -0.25) is 0 Å². The molecule has 1 aliphatic heterocycles. The number of hydrogen-bond acceptors (Lipinski definition) is 6. The van der Waals surface area contributed by atoms with Crippen molar-refractivity contribution in [3.8, 4) is 0 Å². The molecule has 24 heavy (non-hydrogen) atoms. The molecule has 0 aromatic carbocycles. The molecule has 1 aliphatic rings. The predicted octanol–water partition coefficient (Wildman–Crippen LogP) is 3.68. The van der Waals surface area contributed by atoms with Gasteiger partial charge < -0.3 is 15.0 Å². The van der Waals surface area contributed by atoms with Crippen molar-refractivity contribution in [3.05, 3.63) is 17.3 Å². The van der Waals surface area contributed by atoms with Crippen LogP contribution in [0, 0.1) is 0 Å². The van der Waals surface area contributed by atoms with Crippen molar-refractivity contribution in [2.75, 3.05) is 18.4 Å². The molecule has 1 amide bonds. The summed E-state index contributed by atoms with van der Waals surface area (Å²) in [7, 11) is 0. The lowest BCUT2D eigenvalue weighted by Crippen LogP contribution is -2.43. The zero-order valence-corrected chi connectivity index (χ0v) is 15.2. The molecule has 1 fully saturated rings. The molecule has 3 heterocycles. The van der Waals surface area contributed by atoms with Gasteiger partial charge in [0.25, 0.3) is 0 Å². The molecule has 0 spiro atoms. The first-order valence-corrected chi connectivity index (χ1v) is 9.34. The van der Waals surface area contributed by atoms with Gasteiger partial charge in [0.15, 0.2) is 0 Å². The highest BCUT2D eigenvalue weighted by Crippen LogP contribution is 2.29. The van der Waals surface area contributed by atoms with Gasteiger partial charge in [-0.2, -0.15) is 0 Å². The normalized spacial score (nSPS) is 15.9. The molecule has 0 atom stereocenters. The molecule has 0 radical (unpaired) electrons. The van der Waals surface area contributed by atoms with E-state index in [9.17, 15) is 4.79 Å². The Hall–Kier alpha value is -1.89. The second-order valence-corrected chi connectivity index (χ2v) is 7.46. The maximum Gasteiger partial charge on any atom is 0.410 e. The molecule has 3 rings (SSSR count). The van der Waals surface area contributed by atoms with Crippen LogP contribution in [-0.2, 0) is 11.2 Å². The van der Waals surface area contributed by atoms with Crippen LogP contribution in [0.4, 0.5) is 10.6 Å². The molecule has 0 bridgehead atoms. The smallest absolute Gasteiger partial charge is 0.410 e. The summed E-state index contributed by atoms with van der Waals surface area (Å²) >= 11 is 1.72. The number of fused-ring (bicyclic) bond motifs is 1. The fourth-order valence-corrected chi connectivity index (χ4v) is 3.81. The van der Waals surface area contributed by atoms with Gasteiger partial charge in [-0.25, -0.2) is 14.8 Å². The van der Waals surface area contributed by atoms with Gasteiger partial charge in [0.1, 0.15) is 17.0 Å². The number of rotatable bonds is 4. The summed E-state index contributed by atoms with van der Waals surface area (Å²) in [5.41, 5.74) is 0. The zero-order chi connectivity index (χ0) is 17.1. The second kappa shape index (κ2) is 7.34. The number of ether oxygens (including phenoxy) is 1. The Labute approximate surface area is 146 Å². The number of amides is 1. The lowest BCUT2D eigenvalue weighted by molar-refractivity contribution is 0.0701. The number of aromatic nitrogens is 2. The van der Waals surface area contributed by atoms with Crippen molar-refractivity contribution in [1.29, 1.82) is 0 Å². The molecule has 2 aromatic rings. The van der Waals surface area contributed by atoms with E-state index in [1.54, 1.807) is 22.6 Å². The first-order chi connectivity index (χ1) is 11.6. The molecule has 1 N–H and O–H groups in total. The van der Waals surface area contributed by atoms with E-state index in [1.165, 1.54) is 4.88 Å². The third-order valence-electron chi connectivity index (χ3n) is 4.16. The van der Waals surface area contributed by atoms with Gasteiger partial charge in [-0.15, -0.1) is 11.3 Å². The average molecular weight is 348 g/mol. The van der Waals surface area contributed by atoms with Crippen molar-refractivity contribution in [1.82, 2.24) is 14.9 Å². The first-order valence-electron chi connectivity index (χ1n) is 8.52. The van der Waals surface area contributed by atoms with Crippen LogP contribution in [0.15, 0.2) is 12.4 Å². The Morgan fingerprint density at radius 3 is 2.83 bits per heavy atom. The van der Waals surface area contributed by atoms with Crippen LogP contribution in [0.5, 0.6) is 0 Å². The average Bonchev–Trinajstić information content (AvgIpc) is 2.99. The number of thiophene rings is 1. The van der Waals surface area contributed by atoms with Crippen LogP contribution in [-0.4, -0.2) is 46.2 Å². The molecule has 130 valence electrons. The van der Waals surface area contributed by atoms with Crippen LogP contribution in [0.25, 0.3) is 10.2 Å². The molecule has 2 aromatic heterocycles. The van der Waals surface area contributed by atoms with Gasteiger partial charge in [0, 0.05) is 24.0 Å². The standard InChI is InChI=1S/C17H24N4O2S/c1-4-13-9-14-15(18-10-19-16(14)24-13)20-12-5-7-21(8-6-12)17(22)23-11(2)3/h9-12H,4-8H2,1-3H3,(H,18,19,20). The topological polar surface area (TPSA) is 67.4 Å². The number of carbonyl (C=O) groups excluding carboxylic acids is 1. The predicted molar refractivity (Wildman–Crippen MR) is 96.6 cm³/mol. The van der Waals surface area contributed by atoms with E-state index in [2.05, 4.69) is 28.3 Å². The maximum absolute atomic E-state index is 11.9. The van der Waals surface area contributed by atoms with Crippen molar-refractivity contribution >= 4 is 33.5 Å². The summed E-state index contributed by atoms with van der Waals surface area (Å²) in [6, 6.07) is 2.49. The van der Waals surface area contributed by atoms with Gasteiger partial charge >= 0.3 is 6.09 Å². The largest absolute Gasteiger partial charge is 0.447 e. The first kappa shape index (κ1) is 17.0. The quantitative estimate of drug-likeness (QED) is 0.913. The minimum absolute atomic E-state index is 0.0750. The fraction of sp³-hybridized carbons (Fsp3) is 0.588. The number of aryl methyl sites for hydroxylation is 1. The third kappa shape index (κ3) is 3.77. The van der Waals surface area contributed by atoms with Gasteiger partial charge in [0.05, 0.1) is 11.5 Å². The Kier molecular flexibility index (Phi) is 5.18. The van der Waals surface area contributed by atoms with Crippen LogP contribution in [0.1, 0.15) is 38.5 Å². The zero-order valence-electron chi connectivity index (χ0n) is 14.4. The number of hydrogen-bond donors (Lipinski definition) is 1. The highest BCUT2D eigenvalue weighted by atomic mass is 32.1. The summed E-state index contributed by atoms with van der Waals surface area (Å²) in [6.45, 7) is 7.32. The number of nitrogens with one attached hydrogen (secondary N) is 1. The summed E-state index contributed by atoms with van der Waals surface area (Å²) in [6.07, 6.45) is 4.13. The van der Waals surface area contributed by atoms with Gasteiger partial charge in [-0.05, 0) is 39.2 Å². The number of likely N-dealkylation sites (tertiary alicyclic amines) is 1. The highest BCUT2D eigenvalue weighted by Gasteiger charge is 2.25. The Morgan fingerprint density at radius 2 is 2.17 bits per heavy atom. The molecular weight excluding hydrogens is 324 g/mol. The van der Waals surface area contributed by atoms with Crippen LogP contribution in [0.3, 0.4) is 0 Å². The highest BCUT2D eigenvalue weighted by molar-refractivity contribution is 7.18. The lowest BCUT2D eigenvalue weighted by Gasteiger charge is -2.32. The van der Waals surface area contributed by atoms with Crippen LogP contribution in [0.2, 0.25) is 0 Å². The summed E-state index contributed by atoms with van der Waals surface area (Å²) < 4.78 is 5.26. The molecule has 0 unspecified atom stereocenters. The lowest BCUT2D eigenvalue weighted by atomic mass is 10.1. The third-order valence-corrected chi connectivity index (χ3v) is 5.35. The van der Waals surface area contributed by atoms with E-state index < -0.39 is 0 Å². The minimum atomic E-state index is -0.210. The fourth-order valence-electron chi connectivity index (χ4n) is 2.87. The Morgan fingerprint density at radius 1 is 1.42 bits per heavy atom. The van der Waals surface area contributed by atoms with Gasteiger partial charge in [0.2, 0.25) is 0 Å². The second-order valence-electron chi connectivity index (χ2n) is 6.35. The molecular formula is C17H24N4O2S. The minimum Gasteiger partial charge on any atom is -0.447 e. The number of nitrogens with zero attached hydrogens (tertiary/aromatic N) is 3. The van der Waals surface area contributed by atoms with E-state index in [4.69, 9.17) is 4.74 Å². The molecule has 0 aliphatic carbocycles.